The standard InChI is InChI=1S/C15H26N4/c1-12(2)8-14-9-17-15(18-10-14)19-7-3-4-13(11-19)5-6-16/h9-10,12-13H,3-8,11,16H2,1-2H3. The molecule has 19 heavy (non-hydrogen) atoms. The molecule has 0 spiro atoms. The Labute approximate surface area is 116 Å². The van der Waals surface area contributed by atoms with Crippen LogP contribution < -0.4 is 10.6 Å². The fourth-order valence-corrected chi connectivity index (χ4v) is 2.81. The molecule has 4 nitrogen and oxygen atoms in total. The Kier molecular flexibility index (Phi) is 5.14. The summed E-state index contributed by atoms with van der Waals surface area (Å²) in [5.41, 5.74) is 6.89. The summed E-state index contributed by atoms with van der Waals surface area (Å²) >= 11 is 0. The first-order valence-electron chi connectivity index (χ1n) is 7.45. The number of nitrogens with zero attached hydrogens (tertiary/aromatic N) is 3. The molecule has 2 rings (SSSR count). The topological polar surface area (TPSA) is 55.0 Å². The number of aromatic nitrogens is 2. The zero-order chi connectivity index (χ0) is 13.7. The van der Waals surface area contributed by atoms with Crippen molar-refractivity contribution in [3.63, 3.8) is 0 Å². The highest BCUT2D eigenvalue weighted by molar-refractivity contribution is 5.30. The molecular formula is C15H26N4. The molecule has 0 bridgehead atoms. The Morgan fingerprint density at radius 2 is 2.11 bits per heavy atom. The van der Waals surface area contributed by atoms with Crippen LogP contribution in [0.2, 0.25) is 0 Å². The SMILES string of the molecule is CC(C)Cc1cnc(N2CCCC(CCN)C2)nc1. The predicted molar refractivity (Wildman–Crippen MR) is 79.2 cm³/mol. The molecule has 1 aliphatic heterocycles. The molecule has 1 aliphatic rings. The van der Waals surface area contributed by atoms with Crippen molar-refractivity contribution in [1.29, 1.82) is 0 Å². The zero-order valence-electron chi connectivity index (χ0n) is 12.2. The van der Waals surface area contributed by atoms with Crippen LogP contribution in [0.1, 0.15) is 38.7 Å². The average Bonchev–Trinajstić information content (AvgIpc) is 2.40. The van der Waals surface area contributed by atoms with Gasteiger partial charge in [0.1, 0.15) is 0 Å². The summed E-state index contributed by atoms with van der Waals surface area (Å²) < 4.78 is 0. The lowest BCUT2D eigenvalue weighted by Crippen LogP contribution is -2.37. The Morgan fingerprint density at radius 3 is 2.74 bits per heavy atom. The van der Waals surface area contributed by atoms with Crippen molar-refractivity contribution >= 4 is 5.95 Å². The second-order valence-electron chi connectivity index (χ2n) is 6.02. The summed E-state index contributed by atoms with van der Waals surface area (Å²) in [5.74, 6) is 2.24. The molecule has 1 fully saturated rings. The van der Waals surface area contributed by atoms with Gasteiger partial charge >= 0.3 is 0 Å². The van der Waals surface area contributed by atoms with Gasteiger partial charge in [-0.3, -0.25) is 0 Å². The van der Waals surface area contributed by atoms with Crippen molar-refractivity contribution in [3.05, 3.63) is 18.0 Å². The summed E-state index contributed by atoms with van der Waals surface area (Å²) in [6.45, 7) is 7.35. The fraction of sp³-hybridized carbons (Fsp3) is 0.733. The maximum Gasteiger partial charge on any atom is 0.225 e. The Hall–Kier alpha value is -1.16. The Morgan fingerprint density at radius 1 is 1.37 bits per heavy atom. The minimum Gasteiger partial charge on any atom is -0.341 e. The van der Waals surface area contributed by atoms with Gasteiger partial charge in [-0.1, -0.05) is 13.8 Å². The lowest BCUT2D eigenvalue weighted by atomic mass is 9.95. The maximum atomic E-state index is 5.66. The summed E-state index contributed by atoms with van der Waals surface area (Å²) in [6, 6.07) is 0. The minimum atomic E-state index is 0.651. The van der Waals surface area contributed by atoms with Crippen molar-refractivity contribution < 1.29 is 0 Å². The Balaban J connectivity index is 1.97. The van der Waals surface area contributed by atoms with E-state index in [1.165, 1.54) is 18.4 Å². The molecule has 1 saturated heterocycles. The number of hydrogen-bond donors (Lipinski definition) is 1. The normalized spacial score (nSPS) is 20.0. The number of anilines is 1. The van der Waals surface area contributed by atoms with Gasteiger partial charge < -0.3 is 10.6 Å². The van der Waals surface area contributed by atoms with E-state index >= 15 is 0 Å². The first-order chi connectivity index (χ1) is 9.19. The molecule has 0 saturated carbocycles. The third-order valence-corrected chi connectivity index (χ3v) is 3.71. The number of hydrogen-bond acceptors (Lipinski definition) is 4. The van der Waals surface area contributed by atoms with E-state index in [0.717, 1.165) is 38.4 Å². The van der Waals surface area contributed by atoms with Gasteiger partial charge in [-0.15, -0.1) is 0 Å². The van der Waals surface area contributed by atoms with Crippen LogP contribution >= 0.6 is 0 Å². The van der Waals surface area contributed by atoms with Gasteiger partial charge in [-0.25, -0.2) is 9.97 Å². The van der Waals surface area contributed by atoms with E-state index in [2.05, 4.69) is 28.7 Å². The summed E-state index contributed by atoms with van der Waals surface area (Å²) in [4.78, 5) is 11.4. The lowest BCUT2D eigenvalue weighted by Gasteiger charge is -2.32. The van der Waals surface area contributed by atoms with Crippen LogP contribution in [-0.4, -0.2) is 29.6 Å². The van der Waals surface area contributed by atoms with Crippen LogP contribution in [-0.2, 0) is 6.42 Å². The van der Waals surface area contributed by atoms with E-state index in [9.17, 15) is 0 Å². The van der Waals surface area contributed by atoms with Gasteiger partial charge in [-0.2, -0.15) is 0 Å². The van der Waals surface area contributed by atoms with E-state index in [0.29, 0.717) is 11.8 Å². The van der Waals surface area contributed by atoms with E-state index < -0.39 is 0 Å². The van der Waals surface area contributed by atoms with Crippen LogP contribution in [0.3, 0.4) is 0 Å². The minimum absolute atomic E-state index is 0.651. The molecule has 106 valence electrons. The van der Waals surface area contributed by atoms with E-state index in [4.69, 9.17) is 5.73 Å². The highest BCUT2D eigenvalue weighted by Crippen LogP contribution is 2.22. The predicted octanol–water partition coefficient (Wildman–Crippen LogP) is 2.24. The van der Waals surface area contributed by atoms with Crippen LogP contribution in [0.25, 0.3) is 0 Å². The highest BCUT2D eigenvalue weighted by Gasteiger charge is 2.21. The molecule has 0 amide bonds. The van der Waals surface area contributed by atoms with Crippen molar-refractivity contribution in [2.75, 3.05) is 24.5 Å². The molecule has 1 aromatic heterocycles. The summed E-state index contributed by atoms with van der Waals surface area (Å²) in [5, 5.41) is 0. The molecule has 1 unspecified atom stereocenters. The van der Waals surface area contributed by atoms with Gasteiger partial charge in [0.15, 0.2) is 0 Å². The second kappa shape index (κ2) is 6.85. The van der Waals surface area contributed by atoms with Gasteiger partial charge in [0.05, 0.1) is 0 Å². The van der Waals surface area contributed by atoms with Gasteiger partial charge in [0, 0.05) is 25.5 Å². The van der Waals surface area contributed by atoms with E-state index in [-0.39, 0.29) is 0 Å². The molecule has 1 aromatic rings. The quantitative estimate of drug-likeness (QED) is 0.884. The second-order valence-corrected chi connectivity index (χ2v) is 6.02. The van der Waals surface area contributed by atoms with Crippen molar-refractivity contribution in [3.8, 4) is 0 Å². The largest absolute Gasteiger partial charge is 0.341 e. The fourth-order valence-electron chi connectivity index (χ4n) is 2.81. The number of piperidine rings is 1. The smallest absolute Gasteiger partial charge is 0.225 e. The van der Waals surface area contributed by atoms with Crippen LogP contribution in [0.4, 0.5) is 5.95 Å². The van der Waals surface area contributed by atoms with Crippen molar-refractivity contribution in [2.45, 2.75) is 39.5 Å². The molecule has 2 heterocycles. The molecule has 1 atom stereocenters. The highest BCUT2D eigenvalue weighted by atomic mass is 15.2. The van der Waals surface area contributed by atoms with Crippen molar-refractivity contribution in [1.82, 2.24) is 9.97 Å². The summed E-state index contributed by atoms with van der Waals surface area (Å²) in [7, 11) is 0. The average molecular weight is 262 g/mol. The van der Waals surface area contributed by atoms with Crippen LogP contribution in [0.15, 0.2) is 12.4 Å². The number of rotatable bonds is 5. The van der Waals surface area contributed by atoms with Crippen LogP contribution in [0, 0.1) is 11.8 Å². The first-order valence-corrected chi connectivity index (χ1v) is 7.45. The third kappa shape index (κ3) is 4.16. The third-order valence-electron chi connectivity index (χ3n) is 3.71. The van der Waals surface area contributed by atoms with E-state index in [1.54, 1.807) is 0 Å². The first kappa shape index (κ1) is 14.3. The summed E-state index contributed by atoms with van der Waals surface area (Å²) in [6.07, 6.45) is 8.64. The van der Waals surface area contributed by atoms with Crippen molar-refractivity contribution in [2.24, 2.45) is 17.6 Å². The molecule has 0 radical (unpaired) electrons. The molecule has 2 N–H and O–H groups in total. The van der Waals surface area contributed by atoms with Gasteiger partial charge in [0.2, 0.25) is 5.95 Å². The number of nitrogens with two attached hydrogens (primary N) is 1. The monoisotopic (exact) mass is 262 g/mol. The van der Waals surface area contributed by atoms with Gasteiger partial charge in [0.25, 0.3) is 0 Å². The van der Waals surface area contributed by atoms with Gasteiger partial charge in [-0.05, 0) is 49.6 Å². The van der Waals surface area contributed by atoms with E-state index in [1.807, 2.05) is 12.4 Å². The zero-order valence-corrected chi connectivity index (χ0v) is 12.2. The lowest BCUT2D eigenvalue weighted by molar-refractivity contribution is 0.392. The molecular weight excluding hydrogens is 236 g/mol. The Bertz CT molecular complexity index is 372. The maximum absolute atomic E-state index is 5.66. The molecule has 0 aliphatic carbocycles. The molecule has 0 aromatic carbocycles. The van der Waals surface area contributed by atoms with Crippen LogP contribution in [0.5, 0.6) is 0 Å². The molecule has 4 heteroatoms.